The van der Waals surface area contributed by atoms with Crippen molar-refractivity contribution in [2.75, 3.05) is 18.1 Å². The summed E-state index contributed by atoms with van der Waals surface area (Å²) in [6.45, 7) is 6.57. The molecule has 0 aliphatic carbocycles. The van der Waals surface area contributed by atoms with Gasteiger partial charge in [0.2, 0.25) is 0 Å². The molecule has 0 radical (unpaired) electrons. The van der Waals surface area contributed by atoms with Crippen molar-refractivity contribution in [2.45, 2.75) is 33.2 Å². The van der Waals surface area contributed by atoms with Crippen molar-refractivity contribution >= 4 is 11.8 Å². The first-order chi connectivity index (χ1) is 8.25. The summed E-state index contributed by atoms with van der Waals surface area (Å²) >= 11 is 2.10. The van der Waals surface area contributed by atoms with Crippen LogP contribution in [0.1, 0.15) is 29.5 Å². The molecule has 2 rings (SSSR count). The maximum atomic E-state index is 3.61. The third-order valence-corrected chi connectivity index (χ3v) is 4.72. The van der Waals surface area contributed by atoms with E-state index in [-0.39, 0.29) is 0 Å². The summed E-state index contributed by atoms with van der Waals surface area (Å²) in [6, 6.07) is 6.77. The number of benzene rings is 1. The number of hydrogen-bond donors (Lipinski definition) is 1. The second-order valence-electron chi connectivity index (χ2n) is 5.11. The van der Waals surface area contributed by atoms with Gasteiger partial charge in [-0.2, -0.15) is 11.8 Å². The van der Waals surface area contributed by atoms with Gasteiger partial charge < -0.3 is 5.32 Å². The Kier molecular flexibility index (Phi) is 4.93. The first kappa shape index (κ1) is 13.0. The van der Waals surface area contributed by atoms with Crippen LogP contribution in [0, 0.1) is 19.8 Å². The van der Waals surface area contributed by atoms with Crippen LogP contribution in [-0.4, -0.2) is 18.1 Å². The average molecular weight is 249 g/mol. The molecule has 17 heavy (non-hydrogen) atoms. The lowest BCUT2D eigenvalue weighted by Gasteiger charge is -2.21. The summed E-state index contributed by atoms with van der Waals surface area (Å²) in [5.41, 5.74) is 4.20. The monoisotopic (exact) mass is 249 g/mol. The van der Waals surface area contributed by atoms with Gasteiger partial charge in [-0.1, -0.05) is 18.2 Å². The highest BCUT2D eigenvalue weighted by molar-refractivity contribution is 7.99. The Hall–Kier alpha value is -0.470. The lowest BCUT2D eigenvalue weighted by Crippen LogP contribution is -2.25. The van der Waals surface area contributed by atoms with Crippen LogP contribution in [0.5, 0.6) is 0 Å². The zero-order valence-electron chi connectivity index (χ0n) is 11.0. The van der Waals surface area contributed by atoms with Gasteiger partial charge in [-0.15, -0.1) is 0 Å². The number of thioether (sulfide) groups is 1. The molecule has 0 amide bonds. The van der Waals surface area contributed by atoms with E-state index in [1.807, 2.05) is 0 Å². The summed E-state index contributed by atoms with van der Waals surface area (Å²) in [5, 5.41) is 3.61. The van der Waals surface area contributed by atoms with Crippen molar-refractivity contribution in [3.63, 3.8) is 0 Å². The minimum Gasteiger partial charge on any atom is -0.312 e. The molecule has 0 bridgehead atoms. The Balaban J connectivity index is 1.75. The third-order valence-electron chi connectivity index (χ3n) is 3.67. The summed E-state index contributed by atoms with van der Waals surface area (Å²) < 4.78 is 0. The Labute approximate surface area is 109 Å². The molecule has 94 valence electrons. The Morgan fingerprint density at radius 2 is 1.94 bits per heavy atom. The molecule has 1 nitrogen and oxygen atoms in total. The van der Waals surface area contributed by atoms with Gasteiger partial charge >= 0.3 is 0 Å². The number of rotatable bonds is 4. The molecule has 0 unspecified atom stereocenters. The van der Waals surface area contributed by atoms with Crippen LogP contribution in [0.2, 0.25) is 0 Å². The SMILES string of the molecule is Cc1ccc(CNCC2CCSCC2)cc1C. The molecule has 0 atom stereocenters. The molecular formula is C15H23NS. The van der Waals surface area contributed by atoms with Gasteiger partial charge in [-0.25, -0.2) is 0 Å². The lowest BCUT2D eigenvalue weighted by atomic mass is 10.0. The second-order valence-corrected chi connectivity index (χ2v) is 6.33. The minimum absolute atomic E-state index is 0.905. The molecule has 1 aliphatic rings. The van der Waals surface area contributed by atoms with Crippen LogP contribution < -0.4 is 5.32 Å². The summed E-state index contributed by atoms with van der Waals surface area (Å²) in [5.74, 6) is 3.62. The topological polar surface area (TPSA) is 12.0 Å². The van der Waals surface area contributed by atoms with Crippen LogP contribution in [-0.2, 0) is 6.54 Å². The molecule has 1 aliphatic heterocycles. The third kappa shape index (κ3) is 4.04. The Morgan fingerprint density at radius 3 is 2.65 bits per heavy atom. The van der Waals surface area contributed by atoms with Crippen molar-refractivity contribution < 1.29 is 0 Å². The highest BCUT2D eigenvalue weighted by Gasteiger charge is 2.12. The van der Waals surface area contributed by atoms with Crippen LogP contribution >= 0.6 is 11.8 Å². The van der Waals surface area contributed by atoms with Gasteiger partial charge in [0.1, 0.15) is 0 Å². The van der Waals surface area contributed by atoms with Crippen LogP contribution in [0.25, 0.3) is 0 Å². The number of hydrogen-bond acceptors (Lipinski definition) is 2. The van der Waals surface area contributed by atoms with E-state index in [4.69, 9.17) is 0 Å². The van der Waals surface area contributed by atoms with Crippen molar-refractivity contribution in [3.8, 4) is 0 Å². The fourth-order valence-corrected chi connectivity index (χ4v) is 3.49. The van der Waals surface area contributed by atoms with E-state index < -0.39 is 0 Å². The standard InChI is InChI=1S/C15H23NS/c1-12-3-4-15(9-13(12)2)11-16-10-14-5-7-17-8-6-14/h3-4,9,14,16H,5-8,10-11H2,1-2H3. The molecule has 1 N–H and O–H groups in total. The van der Waals surface area contributed by atoms with Crippen LogP contribution in [0.15, 0.2) is 18.2 Å². The normalized spacial score (nSPS) is 17.3. The van der Waals surface area contributed by atoms with E-state index in [2.05, 4.69) is 49.1 Å². The fraction of sp³-hybridized carbons (Fsp3) is 0.600. The van der Waals surface area contributed by atoms with Crippen molar-refractivity contribution in [3.05, 3.63) is 34.9 Å². The Morgan fingerprint density at radius 1 is 1.18 bits per heavy atom. The predicted molar refractivity (Wildman–Crippen MR) is 77.7 cm³/mol. The molecule has 1 aromatic carbocycles. The first-order valence-electron chi connectivity index (χ1n) is 6.60. The highest BCUT2D eigenvalue weighted by Crippen LogP contribution is 2.22. The van der Waals surface area contributed by atoms with Gasteiger partial charge in [-0.3, -0.25) is 0 Å². The largest absolute Gasteiger partial charge is 0.312 e. The highest BCUT2D eigenvalue weighted by atomic mass is 32.2. The van der Waals surface area contributed by atoms with E-state index in [0.29, 0.717) is 0 Å². The lowest BCUT2D eigenvalue weighted by molar-refractivity contribution is 0.447. The molecule has 2 heteroatoms. The molecular weight excluding hydrogens is 226 g/mol. The molecule has 1 heterocycles. The smallest absolute Gasteiger partial charge is 0.0205 e. The molecule has 1 fully saturated rings. The van der Waals surface area contributed by atoms with Crippen molar-refractivity contribution in [1.82, 2.24) is 5.32 Å². The first-order valence-corrected chi connectivity index (χ1v) is 7.76. The predicted octanol–water partition coefficient (Wildman–Crippen LogP) is 3.54. The van der Waals surface area contributed by atoms with E-state index in [1.165, 1.54) is 47.6 Å². The van der Waals surface area contributed by atoms with Gasteiger partial charge in [0, 0.05) is 6.54 Å². The number of aryl methyl sites for hydroxylation is 2. The maximum Gasteiger partial charge on any atom is 0.0205 e. The molecule has 0 aromatic heterocycles. The molecule has 0 saturated carbocycles. The van der Waals surface area contributed by atoms with Crippen LogP contribution in [0.3, 0.4) is 0 Å². The van der Waals surface area contributed by atoms with E-state index in [9.17, 15) is 0 Å². The quantitative estimate of drug-likeness (QED) is 0.876. The summed E-state index contributed by atoms with van der Waals surface area (Å²) in [6.07, 6.45) is 2.79. The Bertz CT molecular complexity index is 356. The maximum absolute atomic E-state index is 3.61. The fourth-order valence-electron chi connectivity index (χ4n) is 2.28. The van der Waals surface area contributed by atoms with Crippen LogP contribution in [0.4, 0.5) is 0 Å². The molecule has 0 spiro atoms. The minimum atomic E-state index is 0.905. The number of nitrogens with one attached hydrogen (secondary N) is 1. The van der Waals surface area contributed by atoms with Crippen molar-refractivity contribution in [1.29, 1.82) is 0 Å². The zero-order valence-corrected chi connectivity index (χ0v) is 11.8. The van der Waals surface area contributed by atoms with E-state index in [0.717, 1.165) is 12.5 Å². The second kappa shape index (κ2) is 6.46. The summed E-state index contributed by atoms with van der Waals surface area (Å²) in [7, 11) is 0. The van der Waals surface area contributed by atoms with E-state index >= 15 is 0 Å². The van der Waals surface area contributed by atoms with Gasteiger partial charge in [0.05, 0.1) is 0 Å². The summed E-state index contributed by atoms with van der Waals surface area (Å²) in [4.78, 5) is 0. The van der Waals surface area contributed by atoms with Gasteiger partial charge in [0.15, 0.2) is 0 Å². The van der Waals surface area contributed by atoms with E-state index in [1.54, 1.807) is 0 Å². The zero-order chi connectivity index (χ0) is 12.1. The average Bonchev–Trinajstić information content (AvgIpc) is 2.35. The molecule has 1 aromatic rings. The van der Waals surface area contributed by atoms with Gasteiger partial charge in [0.25, 0.3) is 0 Å². The van der Waals surface area contributed by atoms with Gasteiger partial charge in [-0.05, 0) is 67.3 Å². The molecule has 1 saturated heterocycles. The van der Waals surface area contributed by atoms with Crippen molar-refractivity contribution in [2.24, 2.45) is 5.92 Å².